The third-order valence-corrected chi connectivity index (χ3v) is 3.15. The van der Waals surface area contributed by atoms with Gasteiger partial charge in [-0.15, -0.1) is 0 Å². The van der Waals surface area contributed by atoms with Crippen molar-refractivity contribution in [3.8, 4) is 0 Å². The highest BCUT2D eigenvalue weighted by atomic mass is 16.4. The number of nitrogens with zero attached hydrogens (tertiary/aromatic N) is 2. The molecule has 1 aliphatic heterocycles. The number of carbonyl (C=O) groups excluding carboxylic acids is 1. The van der Waals surface area contributed by atoms with Gasteiger partial charge in [-0.25, -0.2) is 4.79 Å². The van der Waals surface area contributed by atoms with E-state index in [0.29, 0.717) is 19.1 Å². The van der Waals surface area contributed by atoms with Crippen molar-refractivity contribution >= 4 is 12.0 Å². The van der Waals surface area contributed by atoms with Gasteiger partial charge in [-0.2, -0.15) is 0 Å². The Hall–Kier alpha value is -1.30. The standard InChI is InChI=1S/C11H21N3O3/c1-3-9-8-14(7-6-13(9)2)11(17)12-5-4-10(15)16/h9H,3-8H2,1-2H3,(H,12,17)(H,15,16). The average Bonchev–Trinajstić information content (AvgIpc) is 2.29. The molecule has 1 fully saturated rings. The number of piperazine rings is 1. The summed E-state index contributed by atoms with van der Waals surface area (Å²) in [5.74, 6) is -0.893. The Morgan fingerprint density at radius 3 is 2.71 bits per heavy atom. The Kier molecular flexibility index (Phi) is 5.21. The molecule has 1 atom stereocenters. The zero-order valence-corrected chi connectivity index (χ0v) is 10.5. The molecule has 0 saturated carbocycles. The van der Waals surface area contributed by atoms with Crippen LogP contribution in [0.15, 0.2) is 0 Å². The number of rotatable bonds is 4. The number of hydrogen-bond donors (Lipinski definition) is 2. The monoisotopic (exact) mass is 243 g/mol. The van der Waals surface area contributed by atoms with Crippen LogP contribution in [0.1, 0.15) is 19.8 Å². The summed E-state index contributed by atoms with van der Waals surface area (Å²) in [5.41, 5.74) is 0. The summed E-state index contributed by atoms with van der Waals surface area (Å²) in [6.07, 6.45) is 0.978. The Morgan fingerprint density at radius 2 is 2.12 bits per heavy atom. The number of urea groups is 1. The fourth-order valence-electron chi connectivity index (χ4n) is 1.96. The van der Waals surface area contributed by atoms with E-state index in [4.69, 9.17) is 5.11 Å². The maximum absolute atomic E-state index is 11.8. The van der Waals surface area contributed by atoms with Crippen molar-refractivity contribution in [3.05, 3.63) is 0 Å². The molecule has 1 rings (SSSR count). The SMILES string of the molecule is CCC1CN(C(=O)NCCC(=O)O)CCN1C. The van der Waals surface area contributed by atoms with Gasteiger partial charge in [-0.3, -0.25) is 9.69 Å². The third-order valence-electron chi connectivity index (χ3n) is 3.15. The molecule has 0 bridgehead atoms. The van der Waals surface area contributed by atoms with Crippen LogP contribution in [-0.2, 0) is 4.79 Å². The van der Waals surface area contributed by atoms with Crippen LogP contribution in [0.4, 0.5) is 4.79 Å². The number of nitrogens with one attached hydrogen (secondary N) is 1. The Morgan fingerprint density at radius 1 is 1.41 bits per heavy atom. The number of carboxylic acids is 1. The van der Waals surface area contributed by atoms with Crippen molar-refractivity contribution in [2.45, 2.75) is 25.8 Å². The summed E-state index contributed by atoms with van der Waals surface area (Å²) < 4.78 is 0. The number of carbonyl (C=O) groups is 2. The molecule has 0 radical (unpaired) electrons. The van der Waals surface area contributed by atoms with E-state index in [1.165, 1.54) is 0 Å². The predicted octanol–water partition coefficient (Wildman–Crippen LogP) is 0.197. The molecule has 6 heteroatoms. The van der Waals surface area contributed by atoms with Crippen LogP contribution < -0.4 is 5.32 Å². The minimum Gasteiger partial charge on any atom is -0.481 e. The highest BCUT2D eigenvalue weighted by Crippen LogP contribution is 2.10. The Bertz CT molecular complexity index is 283. The maximum Gasteiger partial charge on any atom is 0.317 e. The van der Waals surface area contributed by atoms with Gasteiger partial charge in [0.05, 0.1) is 6.42 Å². The van der Waals surface area contributed by atoms with Crippen molar-refractivity contribution in [1.29, 1.82) is 0 Å². The third kappa shape index (κ3) is 4.22. The van der Waals surface area contributed by atoms with Gasteiger partial charge in [0, 0.05) is 32.2 Å². The molecule has 17 heavy (non-hydrogen) atoms. The smallest absolute Gasteiger partial charge is 0.317 e. The van der Waals surface area contributed by atoms with Gasteiger partial charge in [0.1, 0.15) is 0 Å². The maximum atomic E-state index is 11.8. The van der Waals surface area contributed by atoms with E-state index in [1.807, 2.05) is 0 Å². The van der Waals surface area contributed by atoms with E-state index in [1.54, 1.807) is 4.90 Å². The molecule has 0 aliphatic carbocycles. The predicted molar refractivity (Wildman–Crippen MR) is 63.9 cm³/mol. The van der Waals surface area contributed by atoms with E-state index < -0.39 is 5.97 Å². The molecule has 1 heterocycles. The summed E-state index contributed by atoms with van der Waals surface area (Å²) in [6, 6.07) is 0.242. The minimum absolute atomic E-state index is 0.0311. The molecule has 0 aromatic carbocycles. The van der Waals surface area contributed by atoms with Crippen molar-refractivity contribution in [2.75, 3.05) is 33.2 Å². The van der Waals surface area contributed by atoms with Gasteiger partial charge < -0.3 is 15.3 Å². The first-order chi connectivity index (χ1) is 8.04. The second-order valence-electron chi connectivity index (χ2n) is 4.36. The first-order valence-corrected chi connectivity index (χ1v) is 5.99. The van der Waals surface area contributed by atoms with E-state index in [0.717, 1.165) is 13.0 Å². The molecular weight excluding hydrogens is 222 g/mol. The number of amides is 2. The molecule has 0 spiro atoms. The zero-order chi connectivity index (χ0) is 12.8. The summed E-state index contributed by atoms with van der Waals surface area (Å²) in [6.45, 7) is 4.58. The topological polar surface area (TPSA) is 72.9 Å². The van der Waals surface area contributed by atoms with E-state index in [9.17, 15) is 9.59 Å². The fourth-order valence-corrected chi connectivity index (χ4v) is 1.96. The normalized spacial score (nSPS) is 21.3. The van der Waals surface area contributed by atoms with E-state index >= 15 is 0 Å². The summed E-state index contributed by atoms with van der Waals surface area (Å²) >= 11 is 0. The van der Waals surface area contributed by atoms with E-state index in [-0.39, 0.29) is 19.0 Å². The lowest BCUT2D eigenvalue weighted by Crippen LogP contribution is -2.55. The minimum atomic E-state index is -0.893. The van der Waals surface area contributed by atoms with Crippen LogP contribution in [-0.4, -0.2) is 66.2 Å². The molecule has 98 valence electrons. The highest BCUT2D eigenvalue weighted by Gasteiger charge is 2.25. The van der Waals surface area contributed by atoms with Crippen LogP contribution >= 0.6 is 0 Å². The number of hydrogen-bond acceptors (Lipinski definition) is 3. The van der Waals surface area contributed by atoms with Crippen LogP contribution in [0.2, 0.25) is 0 Å². The average molecular weight is 243 g/mol. The van der Waals surface area contributed by atoms with Crippen LogP contribution in [0.5, 0.6) is 0 Å². The quantitative estimate of drug-likeness (QED) is 0.739. The van der Waals surface area contributed by atoms with Gasteiger partial charge in [0.25, 0.3) is 0 Å². The van der Waals surface area contributed by atoms with Gasteiger partial charge in [0.15, 0.2) is 0 Å². The lowest BCUT2D eigenvalue weighted by atomic mass is 10.1. The number of aliphatic carboxylic acids is 1. The summed E-state index contributed by atoms with van der Waals surface area (Å²) in [5, 5.41) is 11.1. The van der Waals surface area contributed by atoms with Gasteiger partial charge in [-0.1, -0.05) is 6.92 Å². The molecule has 0 aromatic rings. The first kappa shape index (κ1) is 13.8. The van der Waals surface area contributed by atoms with Crippen LogP contribution in [0, 0.1) is 0 Å². The largest absolute Gasteiger partial charge is 0.481 e. The molecule has 1 aliphatic rings. The van der Waals surface area contributed by atoms with Gasteiger partial charge in [-0.05, 0) is 13.5 Å². The van der Waals surface area contributed by atoms with Gasteiger partial charge in [0.2, 0.25) is 0 Å². The molecule has 1 saturated heterocycles. The Labute approximate surface area is 102 Å². The van der Waals surface area contributed by atoms with Crippen molar-refractivity contribution in [3.63, 3.8) is 0 Å². The van der Waals surface area contributed by atoms with Crippen molar-refractivity contribution in [1.82, 2.24) is 15.1 Å². The molecule has 1 unspecified atom stereocenters. The Balaban J connectivity index is 2.34. The van der Waals surface area contributed by atoms with E-state index in [2.05, 4.69) is 24.2 Å². The molecule has 0 aromatic heterocycles. The highest BCUT2D eigenvalue weighted by molar-refractivity contribution is 5.75. The number of likely N-dealkylation sites (N-methyl/N-ethyl adjacent to an activating group) is 1. The lowest BCUT2D eigenvalue weighted by molar-refractivity contribution is -0.136. The van der Waals surface area contributed by atoms with Crippen LogP contribution in [0.25, 0.3) is 0 Å². The number of carboxylic acid groups (broad SMARTS) is 1. The van der Waals surface area contributed by atoms with Gasteiger partial charge >= 0.3 is 12.0 Å². The molecule has 2 N–H and O–H groups in total. The van der Waals surface area contributed by atoms with Crippen molar-refractivity contribution in [2.24, 2.45) is 0 Å². The summed E-state index contributed by atoms with van der Waals surface area (Å²) in [4.78, 5) is 26.1. The van der Waals surface area contributed by atoms with Crippen LogP contribution in [0.3, 0.4) is 0 Å². The second kappa shape index (κ2) is 6.44. The first-order valence-electron chi connectivity index (χ1n) is 5.99. The van der Waals surface area contributed by atoms with Crippen molar-refractivity contribution < 1.29 is 14.7 Å². The molecule has 2 amide bonds. The lowest BCUT2D eigenvalue weighted by Gasteiger charge is -2.39. The molecular formula is C11H21N3O3. The zero-order valence-electron chi connectivity index (χ0n) is 10.5. The second-order valence-corrected chi connectivity index (χ2v) is 4.36. The fraction of sp³-hybridized carbons (Fsp3) is 0.818. The summed E-state index contributed by atoms with van der Waals surface area (Å²) in [7, 11) is 2.06. The molecule has 6 nitrogen and oxygen atoms in total.